The second-order valence-electron chi connectivity index (χ2n) is 12.4. The van der Waals surface area contributed by atoms with Crippen LogP contribution in [-0.4, -0.2) is 14.1 Å². The first-order valence-electron chi connectivity index (χ1n) is 16.4. The van der Waals surface area contributed by atoms with Gasteiger partial charge in [-0.3, -0.25) is 0 Å². The van der Waals surface area contributed by atoms with E-state index >= 15 is 0 Å². The van der Waals surface area contributed by atoms with E-state index in [4.69, 9.17) is 4.98 Å². The van der Waals surface area contributed by atoms with Gasteiger partial charge in [0.15, 0.2) is 0 Å². The van der Waals surface area contributed by atoms with Gasteiger partial charge in [-0.15, -0.1) is 0 Å². The van der Waals surface area contributed by atoms with Crippen LogP contribution in [0.5, 0.6) is 0 Å². The molecule has 3 aromatic heterocycles. The Morgan fingerprint density at radius 1 is 0.333 bits per heavy atom. The number of benzene rings is 7. The zero-order chi connectivity index (χ0) is 31.6. The summed E-state index contributed by atoms with van der Waals surface area (Å²) in [5.41, 5.74) is 12.6. The summed E-state index contributed by atoms with van der Waals surface area (Å²) in [7, 11) is 0. The fourth-order valence-electron chi connectivity index (χ4n) is 7.45. The molecule has 48 heavy (non-hydrogen) atoms. The van der Waals surface area contributed by atoms with Gasteiger partial charge in [0.05, 0.1) is 33.3 Å². The third-order valence-corrected chi connectivity index (χ3v) is 9.70. The van der Waals surface area contributed by atoms with Gasteiger partial charge in [-0.2, -0.15) is 0 Å². The highest BCUT2D eigenvalue weighted by Crippen LogP contribution is 2.38. The lowest BCUT2D eigenvalue weighted by molar-refractivity contribution is 1.18. The van der Waals surface area contributed by atoms with E-state index in [-0.39, 0.29) is 0 Å². The number of fused-ring (bicyclic) bond motifs is 7. The minimum absolute atomic E-state index is 0.982. The number of para-hydroxylation sites is 3. The Balaban J connectivity index is 1.14. The van der Waals surface area contributed by atoms with E-state index in [0.29, 0.717) is 0 Å². The Morgan fingerprint density at radius 2 is 0.854 bits per heavy atom. The van der Waals surface area contributed by atoms with Crippen LogP contribution in [-0.2, 0) is 0 Å². The number of nitrogens with zero attached hydrogens (tertiary/aromatic N) is 3. The van der Waals surface area contributed by atoms with Gasteiger partial charge in [0.1, 0.15) is 0 Å². The van der Waals surface area contributed by atoms with Gasteiger partial charge in [0, 0.05) is 43.9 Å². The van der Waals surface area contributed by atoms with Crippen molar-refractivity contribution in [2.75, 3.05) is 0 Å². The van der Waals surface area contributed by atoms with Crippen LogP contribution in [0.25, 0.3) is 88.3 Å². The largest absolute Gasteiger partial charge is 0.309 e. The molecule has 0 bridgehead atoms. The van der Waals surface area contributed by atoms with Gasteiger partial charge in [-0.1, -0.05) is 109 Å². The van der Waals surface area contributed by atoms with Crippen LogP contribution in [0.15, 0.2) is 176 Å². The van der Waals surface area contributed by atoms with Crippen molar-refractivity contribution in [3.63, 3.8) is 0 Å². The van der Waals surface area contributed by atoms with Gasteiger partial charge in [-0.05, 0) is 77.9 Å². The zero-order valence-electron chi connectivity index (χ0n) is 26.1. The molecule has 3 heterocycles. The molecule has 0 amide bonds. The normalized spacial score (nSPS) is 11.8. The number of hydrogen-bond donors (Lipinski definition) is 0. The van der Waals surface area contributed by atoms with Crippen LogP contribution in [0.3, 0.4) is 0 Å². The lowest BCUT2D eigenvalue weighted by atomic mass is 10.0. The Bertz CT molecular complexity index is 2820. The average molecular weight is 612 g/mol. The maximum absolute atomic E-state index is 5.08. The molecule has 7 aromatic carbocycles. The van der Waals surface area contributed by atoms with Crippen LogP contribution in [0, 0.1) is 0 Å². The van der Waals surface area contributed by atoms with Gasteiger partial charge >= 0.3 is 0 Å². The van der Waals surface area contributed by atoms with Crippen molar-refractivity contribution < 1.29 is 0 Å². The van der Waals surface area contributed by atoms with E-state index in [9.17, 15) is 0 Å². The third-order valence-electron chi connectivity index (χ3n) is 9.70. The Labute approximate surface area is 277 Å². The smallest absolute Gasteiger partial charge is 0.0730 e. The molecule has 3 nitrogen and oxygen atoms in total. The Hall–Kier alpha value is -6.45. The summed E-state index contributed by atoms with van der Waals surface area (Å²) in [6.07, 6.45) is 0. The van der Waals surface area contributed by atoms with Crippen molar-refractivity contribution in [1.82, 2.24) is 14.1 Å². The summed E-state index contributed by atoms with van der Waals surface area (Å²) >= 11 is 0. The molecule has 0 aliphatic carbocycles. The zero-order valence-corrected chi connectivity index (χ0v) is 26.1. The van der Waals surface area contributed by atoms with Crippen LogP contribution >= 0.6 is 0 Å². The molecule has 0 aliphatic rings. The SMILES string of the molecule is c1ccc(-c2ccc3ccc(-n4c5ccccc5c5cc(-c6ccc7c(c6)c6ccccc6n7-c6ccccc6)ccc54)cc3n2)cc1. The monoisotopic (exact) mass is 611 g/mol. The third kappa shape index (κ3) is 4.11. The minimum Gasteiger partial charge on any atom is -0.309 e. The highest BCUT2D eigenvalue weighted by molar-refractivity contribution is 6.12. The number of hydrogen-bond acceptors (Lipinski definition) is 1. The number of pyridine rings is 1. The van der Waals surface area contributed by atoms with Crippen molar-refractivity contribution >= 4 is 54.5 Å². The highest BCUT2D eigenvalue weighted by atomic mass is 15.0. The molecular formula is C45H29N3. The standard InChI is InChI=1S/C45H29N3/c1-3-11-30(12-4-1)40-24-20-31-19-23-35(29-41(31)46-40)48-43-18-10-8-16-37(43)39-28-33(22-26-45(39)48)32-21-25-44-38(27-32)36-15-7-9-17-42(36)47(44)34-13-5-2-6-14-34/h1-29H. The van der Waals surface area contributed by atoms with Crippen molar-refractivity contribution in [3.05, 3.63) is 176 Å². The molecule has 224 valence electrons. The molecule has 0 radical (unpaired) electrons. The molecule has 10 aromatic rings. The van der Waals surface area contributed by atoms with E-state index in [1.54, 1.807) is 0 Å². The fraction of sp³-hybridized carbons (Fsp3) is 0. The maximum Gasteiger partial charge on any atom is 0.0730 e. The van der Waals surface area contributed by atoms with Crippen molar-refractivity contribution in [2.45, 2.75) is 0 Å². The van der Waals surface area contributed by atoms with E-state index in [1.165, 1.54) is 60.4 Å². The molecule has 0 aliphatic heterocycles. The molecule has 0 saturated heterocycles. The molecule has 0 saturated carbocycles. The first kappa shape index (κ1) is 26.7. The summed E-state index contributed by atoms with van der Waals surface area (Å²) in [5.74, 6) is 0. The Morgan fingerprint density at radius 3 is 1.50 bits per heavy atom. The summed E-state index contributed by atoms with van der Waals surface area (Å²) < 4.78 is 4.74. The molecular weight excluding hydrogens is 583 g/mol. The average Bonchev–Trinajstić information content (AvgIpc) is 3.67. The molecule has 0 unspecified atom stereocenters. The second-order valence-corrected chi connectivity index (χ2v) is 12.4. The molecule has 0 fully saturated rings. The highest BCUT2D eigenvalue weighted by Gasteiger charge is 2.16. The van der Waals surface area contributed by atoms with E-state index in [2.05, 4.69) is 179 Å². The number of rotatable bonds is 4. The fourth-order valence-corrected chi connectivity index (χ4v) is 7.45. The molecule has 0 spiro atoms. The van der Waals surface area contributed by atoms with Gasteiger partial charge in [0.2, 0.25) is 0 Å². The molecule has 10 rings (SSSR count). The summed E-state index contributed by atoms with van der Waals surface area (Å²) in [4.78, 5) is 5.08. The van der Waals surface area contributed by atoms with E-state index < -0.39 is 0 Å². The minimum atomic E-state index is 0.982. The Kier molecular flexibility index (Phi) is 5.87. The molecule has 0 atom stereocenters. The lowest BCUT2D eigenvalue weighted by Crippen LogP contribution is -1.95. The predicted molar refractivity (Wildman–Crippen MR) is 201 cm³/mol. The van der Waals surface area contributed by atoms with Crippen LogP contribution in [0.2, 0.25) is 0 Å². The quantitative estimate of drug-likeness (QED) is 0.194. The van der Waals surface area contributed by atoms with Crippen LogP contribution < -0.4 is 0 Å². The first-order chi connectivity index (χ1) is 23.8. The molecule has 0 N–H and O–H groups in total. The topological polar surface area (TPSA) is 22.8 Å². The van der Waals surface area contributed by atoms with E-state index in [1.807, 2.05) is 6.07 Å². The van der Waals surface area contributed by atoms with Crippen LogP contribution in [0.1, 0.15) is 0 Å². The van der Waals surface area contributed by atoms with Gasteiger partial charge in [-0.25, -0.2) is 4.98 Å². The first-order valence-corrected chi connectivity index (χ1v) is 16.4. The summed E-state index contributed by atoms with van der Waals surface area (Å²) in [6.45, 7) is 0. The second kappa shape index (κ2) is 10.5. The summed E-state index contributed by atoms with van der Waals surface area (Å²) in [6, 6.07) is 63.1. The van der Waals surface area contributed by atoms with Crippen molar-refractivity contribution in [1.29, 1.82) is 0 Å². The predicted octanol–water partition coefficient (Wildman–Crippen LogP) is 11.8. The van der Waals surface area contributed by atoms with Crippen molar-refractivity contribution in [2.24, 2.45) is 0 Å². The van der Waals surface area contributed by atoms with Gasteiger partial charge < -0.3 is 9.13 Å². The maximum atomic E-state index is 5.08. The van der Waals surface area contributed by atoms with E-state index in [0.717, 1.165) is 27.8 Å². The lowest BCUT2D eigenvalue weighted by Gasteiger charge is -2.11. The summed E-state index contributed by atoms with van der Waals surface area (Å²) in [5, 5.41) is 6.12. The molecule has 3 heteroatoms. The van der Waals surface area contributed by atoms with Gasteiger partial charge in [0.25, 0.3) is 0 Å². The van der Waals surface area contributed by atoms with Crippen LogP contribution in [0.4, 0.5) is 0 Å². The van der Waals surface area contributed by atoms with Crippen molar-refractivity contribution in [3.8, 4) is 33.8 Å². The number of aromatic nitrogens is 3.